The van der Waals surface area contributed by atoms with E-state index in [1.54, 1.807) is 14.0 Å². The number of hydrogen-bond donors (Lipinski definition) is 1. The van der Waals surface area contributed by atoms with E-state index in [4.69, 9.17) is 29.6 Å². The maximum Gasteiger partial charge on any atom is 0.254 e. The molecular weight excluding hydrogens is 263 g/mol. The normalized spacial score (nSPS) is 12.0. The first-order valence-electron chi connectivity index (χ1n) is 4.86. The van der Waals surface area contributed by atoms with Gasteiger partial charge in [0.25, 0.3) is 5.91 Å². The minimum Gasteiger partial charge on any atom is -0.392 e. The molecule has 0 aliphatic carbocycles. The Morgan fingerprint density at radius 1 is 1.59 bits per heavy atom. The van der Waals surface area contributed by atoms with E-state index in [0.29, 0.717) is 5.56 Å². The number of rotatable bonds is 3. The first-order chi connectivity index (χ1) is 7.84. The number of halogens is 2. The second-order valence-electron chi connectivity index (χ2n) is 3.62. The molecule has 0 heterocycles. The summed E-state index contributed by atoms with van der Waals surface area (Å²) in [6.07, 6.45) is 0. The maximum absolute atomic E-state index is 13.0. The van der Waals surface area contributed by atoms with Gasteiger partial charge in [0.05, 0.1) is 16.1 Å². The average molecular weight is 275 g/mol. The van der Waals surface area contributed by atoms with Crippen molar-refractivity contribution in [1.82, 2.24) is 4.90 Å². The van der Waals surface area contributed by atoms with Crippen molar-refractivity contribution in [3.05, 3.63) is 34.6 Å². The number of carbonyl (C=O) groups excluding carboxylic acids is 1. The Morgan fingerprint density at radius 3 is 2.65 bits per heavy atom. The summed E-state index contributed by atoms with van der Waals surface area (Å²) in [4.78, 5) is 13.6. The van der Waals surface area contributed by atoms with Gasteiger partial charge in [-0.2, -0.15) is 0 Å². The highest BCUT2D eigenvalue weighted by atomic mass is 35.5. The van der Waals surface area contributed by atoms with Crippen molar-refractivity contribution in [3.8, 4) is 0 Å². The smallest absolute Gasteiger partial charge is 0.254 e. The van der Waals surface area contributed by atoms with Crippen molar-refractivity contribution in [2.75, 3.05) is 7.05 Å². The second kappa shape index (κ2) is 5.42. The Hall–Kier alpha value is -1.20. The van der Waals surface area contributed by atoms with Gasteiger partial charge in [0.2, 0.25) is 0 Å². The summed E-state index contributed by atoms with van der Waals surface area (Å²) in [7, 11) is 1.57. The number of likely N-dealkylation sites (N-methyl/N-ethyl adjacent to an activating group) is 1. The maximum atomic E-state index is 13.0. The van der Waals surface area contributed by atoms with Crippen LogP contribution in [0.15, 0.2) is 18.2 Å². The van der Waals surface area contributed by atoms with Gasteiger partial charge in [-0.25, -0.2) is 4.39 Å². The minimum atomic E-state index is -0.562. The zero-order valence-corrected chi connectivity index (χ0v) is 11.0. The number of benzene rings is 1. The first kappa shape index (κ1) is 13.9. The summed E-state index contributed by atoms with van der Waals surface area (Å²) in [5.41, 5.74) is 5.75. The summed E-state index contributed by atoms with van der Waals surface area (Å²) >= 11 is 10.4. The Kier molecular flexibility index (Phi) is 4.42. The molecule has 0 aromatic heterocycles. The van der Waals surface area contributed by atoms with E-state index in [2.05, 4.69) is 0 Å². The number of nitrogens with two attached hydrogens (primary N) is 1. The predicted molar refractivity (Wildman–Crippen MR) is 69.8 cm³/mol. The van der Waals surface area contributed by atoms with Gasteiger partial charge in [-0.3, -0.25) is 4.79 Å². The molecule has 1 unspecified atom stereocenters. The van der Waals surface area contributed by atoms with E-state index >= 15 is 0 Å². The highest BCUT2D eigenvalue weighted by Gasteiger charge is 2.19. The van der Waals surface area contributed by atoms with Crippen LogP contribution in [0.2, 0.25) is 5.02 Å². The summed E-state index contributed by atoms with van der Waals surface area (Å²) in [5, 5.41) is -0.0905. The molecule has 1 aromatic carbocycles. The van der Waals surface area contributed by atoms with Gasteiger partial charge in [-0.05, 0) is 25.1 Å². The molecule has 1 atom stereocenters. The van der Waals surface area contributed by atoms with Crippen molar-refractivity contribution >= 4 is 34.7 Å². The zero-order valence-electron chi connectivity index (χ0n) is 9.41. The number of amides is 1. The van der Waals surface area contributed by atoms with Gasteiger partial charge in [0.1, 0.15) is 5.82 Å². The summed E-state index contributed by atoms with van der Waals surface area (Å²) in [6.45, 7) is 1.71. The molecule has 17 heavy (non-hydrogen) atoms. The number of carbonyl (C=O) groups is 1. The van der Waals surface area contributed by atoms with Gasteiger partial charge < -0.3 is 10.6 Å². The van der Waals surface area contributed by atoms with Crippen LogP contribution in [-0.4, -0.2) is 28.9 Å². The zero-order chi connectivity index (χ0) is 13.2. The Labute approximate surface area is 109 Å². The molecule has 6 heteroatoms. The third kappa shape index (κ3) is 3.14. The summed E-state index contributed by atoms with van der Waals surface area (Å²) < 4.78 is 13.0. The fourth-order valence-electron chi connectivity index (χ4n) is 1.20. The van der Waals surface area contributed by atoms with E-state index in [1.165, 1.54) is 17.0 Å². The Morgan fingerprint density at radius 2 is 2.18 bits per heavy atom. The van der Waals surface area contributed by atoms with E-state index in [1.807, 2.05) is 0 Å². The quantitative estimate of drug-likeness (QED) is 0.860. The largest absolute Gasteiger partial charge is 0.392 e. The van der Waals surface area contributed by atoms with Gasteiger partial charge in [-0.1, -0.05) is 23.8 Å². The van der Waals surface area contributed by atoms with Crippen LogP contribution in [0, 0.1) is 5.82 Å². The first-order valence-corrected chi connectivity index (χ1v) is 5.64. The lowest BCUT2D eigenvalue weighted by Crippen LogP contribution is -2.42. The molecule has 0 fully saturated rings. The van der Waals surface area contributed by atoms with Gasteiger partial charge in [-0.15, -0.1) is 0 Å². The van der Waals surface area contributed by atoms with Crippen LogP contribution in [0.25, 0.3) is 0 Å². The molecule has 3 nitrogen and oxygen atoms in total. The standard InChI is InChI=1S/C11H12ClFN2OS/c1-6(10(14)17)15(2)11(16)7-3-4-9(13)8(12)5-7/h3-6H,1-2H3,(H2,14,17). The molecule has 0 saturated carbocycles. The topological polar surface area (TPSA) is 46.3 Å². The van der Waals surface area contributed by atoms with Crippen molar-refractivity contribution in [3.63, 3.8) is 0 Å². The van der Waals surface area contributed by atoms with Gasteiger partial charge in [0.15, 0.2) is 0 Å². The number of nitrogens with zero attached hydrogens (tertiary/aromatic N) is 1. The number of thiocarbonyl (C=S) groups is 1. The molecule has 92 valence electrons. The molecule has 1 aromatic rings. The highest BCUT2D eigenvalue weighted by Crippen LogP contribution is 2.17. The summed E-state index contributed by atoms with van der Waals surface area (Å²) in [5.74, 6) is -0.875. The molecular formula is C11H12ClFN2OS. The van der Waals surface area contributed by atoms with Crippen LogP contribution < -0.4 is 5.73 Å². The summed E-state index contributed by atoms with van der Waals surface area (Å²) in [6, 6.07) is 3.42. The van der Waals surface area contributed by atoms with E-state index in [-0.39, 0.29) is 22.0 Å². The van der Waals surface area contributed by atoms with E-state index in [0.717, 1.165) is 6.07 Å². The van der Waals surface area contributed by atoms with Crippen molar-refractivity contribution in [1.29, 1.82) is 0 Å². The lowest BCUT2D eigenvalue weighted by atomic mass is 10.1. The molecule has 0 bridgehead atoms. The van der Waals surface area contributed by atoms with E-state index < -0.39 is 5.82 Å². The fraction of sp³-hybridized carbons (Fsp3) is 0.273. The van der Waals surface area contributed by atoms with Crippen molar-refractivity contribution in [2.24, 2.45) is 5.73 Å². The van der Waals surface area contributed by atoms with Crippen LogP contribution in [0.3, 0.4) is 0 Å². The third-order valence-electron chi connectivity index (χ3n) is 2.48. The van der Waals surface area contributed by atoms with Crippen molar-refractivity contribution < 1.29 is 9.18 Å². The predicted octanol–water partition coefficient (Wildman–Crippen LogP) is 2.23. The molecule has 0 radical (unpaired) electrons. The SMILES string of the molecule is CC(C(N)=S)N(C)C(=O)c1ccc(F)c(Cl)c1. The van der Waals surface area contributed by atoms with E-state index in [9.17, 15) is 9.18 Å². The van der Waals surface area contributed by atoms with Gasteiger partial charge >= 0.3 is 0 Å². The van der Waals surface area contributed by atoms with Crippen LogP contribution in [-0.2, 0) is 0 Å². The Balaban J connectivity index is 2.96. The molecule has 2 N–H and O–H groups in total. The monoisotopic (exact) mass is 274 g/mol. The van der Waals surface area contributed by atoms with Crippen molar-refractivity contribution in [2.45, 2.75) is 13.0 Å². The third-order valence-corrected chi connectivity index (χ3v) is 3.11. The average Bonchev–Trinajstić information content (AvgIpc) is 2.29. The Bertz CT molecular complexity index is 467. The van der Waals surface area contributed by atoms with Gasteiger partial charge in [0, 0.05) is 12.6 Å². The highest BCUT2D eigenvalue weighted by molar-refractivity contribution is 7.80. The molecule has 1 rings (SSSR count). The molecule has 0 aliphatic rings. The van der Waals surface area contributed by atoms with Crippen LogP contribution >= 0.6 is 23.8 Å². The lowest BCUT2D eigenvalue weighted by molar-refractivity contribution is 0.0779. The molecule has 0 saturated heterocycles. The number of hydrogen-bond acceptors (Lipinski definition) is 2. The molecule has 1 amide bonds. The lowest BCUT2D eigenvalue weighted by Gasteiger charge is -2.24. The van der Waals surface area contributed by atoms with Crippen LogP contribution in [0.4, 0.5) is 4.39 Å². The molecule has 0 aliphatic heterocycles. The molecule has 0 spiro atoms. The van der Waals surface area contributed by atoms with Crippen LogP contribution in [0.1, 0.15) is 17.3 Å². The second-order valence-corrected chi connectivity index (χ2v) is 4.50. The minimum absolute atomic E-state index is 0.0905. The van der Waals surface area contributed by atoms with Crippen LogP contribution in [0.5, 0.6) is 0 Å². The fourth-order valence-corrected chi connectivity index (χ4v) is 1.54.